The first-order valence-electron chi connectivity index (χ1n) is 15.5. The van der Waals surface area contributed by atoms with Crippen LogP contribution in [0.1, 0.15) is 48.9 Å². The summed E-state index contributed by atoms with van der Waals surface area (Å²) in [5.74, 6) is -9.62. The van der Waals surface area contributed by atoms with Crippen LogP contribution < -0.4 is 63.2 Å². The number of nitrogens with two attached hydrogens (primary N) is 1. The molecule has 0 radical (unpaired) electrons. The van der Waals surface area contributed by atoms with Gasteiger partial charge in [-0.05, 0) is 49.9 Å². The summed E-state index contributed by atoms with van der Waals surface area (Å²) in [6, 6.07) is -0.163. The number of aliphatic carboxylic acids is 4. The monoisotopic (exact) mass is 727 g/mol. The lowest BCUT2D eigenvalue weighted by atomic mass is 10.1. The second-order valence-corrected chi connectivity index (χ2v) is 11.4. The number of rotatable bonds is 20. The van der Waals surface area contributed by atoms with Crippen molar-refractivity contribution in [2.75, 3.05) is 34.4 Å². The Morgan fingerprint density at radius 2 is 1.37 bits per heavy atom. The van der Waals surface area contributed by atoms with E-state index in [0.29, 0.717) is 12.1 Å². The van der Waals surface area contributed by atoms with Crippen LogP contribution in [-0.2, 0) is 33.6 Å². The molecule has 8 N–H and O–H groups in total. The number of nitrogens with zero attached hydrogens (tertiary/aromatic N) is 2. The second kappa shape index (κ2) is 18.3. The molecule has 0 saturated carbocycles. The van der Waals surface area contributed by atoms with Gasteiger partial charge in [0.15, 0.2) is 5.82 Å². The van der Waals surface area contributed by atoms with Gasteiger partial charge >= 0.3 is 0 Å². The smallest absolute Gasteiger partial charge is 0.277 e. The lowest BCUT2D eigenvalue weighted by molar-refractivity contribution is -0.311. The number of H-pyrrole nitrogens is 1. The van der Waals surface area contributed by atoms with Crippen LogP contribution in [0.5, 0.6) is 0 Å². The van der Waals surface area contributed by atoms with Gasteiger partial charge < -0.3 is 76.8 Å². The normalized spacial score (nSPS) is 14.8. The van der Waals surface area contributed by atoms with E-state index in [1.165, 1.54) is 29.2 Å². The van der Waals surface area contributed by atoms with Crippen molar-refractivity contribution in [3.63, 3.8) is 0 Å². The summed E-state index contributed by atoms with van der Waals surface area (Å²) in [6.07, 6.45) is -3.10. The number of aromatic amines is 1. The molecule has 1 aliphatic rings. The Morgan fingerprint density at radius 3 is 1.87 bits per heavy atom. The third-order valence-corrected chi connectivity index (χ3v) is 7.59. The van der Waals surface area contributed by atoms with Gasteiger partial charge in [-0.2, -0.15) is 4.98 Å². The highest BCUT2D eigenvalue weighted by Crippen LogP contribution is 2.22. The number of carboxylic acid groups (broad SMARTS) is 4. The van der Waals surface area contributed by atoms with Crippen LogP contribution in [0.2, 0.25) is 0 Å². The highest BCUT2D eigenvalue weighted by atomic mass is 16.4. The molecular formula is C30H33N9O13-4. The van der Waals surface area contributed by atoms with Crippen molar-refractivity contribution >= 4 is 71.1 Å². The number of anilines is 4. The topological polar surface area (TPSA) is 364 Å². The molecular weight excluding hydrogens is 694 g/mol. The molecule has 0 bridgehead atoms. The van der Waals surface area contributed by atoms with Gasteiger partial charge in [0.2, 0.25) is 24.2 Å². The zero-order chi connectivity index (χ0) is 38.5. The summed E-state index contributed by atoms with van der Waals surface area (Å²) in [5, 5.41) is 57.0. The van der Waals surface area contributed by atoms with Crippen LogP contribution in [0.15, 0.2) is 29.1 Å². The van der Waals surface area contributed by atoms with Crippen molar-refractivity contribution in [1.82, 2.24) is 25.9 Å². The molecule has 1 aromatic heterocycles. The first-order chi connectivity index (χ1) is 24.6. The van der Waals surface area contributed by atoms with Gasteiger partial charge in [0.05, 0.1) is 42.1 Å². The van der Waals surface area contributed by atoms with Crippen molar-refractivity contribution in [3.05, 3.63) is 40.2 Å². The molecule has 0 fully saturated rings. The van der Waals surface area contributed by atoms with E-state index in [-0.39, 0.29) is 36.1 Å². The molecule has 0 unspecified atom stereocenters. The zero-order valence-corrected chi connectivity index (χ0v) is 27.1. The number of hydrogen-bond acceptors (Lipinski definition) is 17. The molecule has 1 aromatic carbocycles. The van der Waals surface area contributed by atoms with E-state index in [9.17, 15) is 63.6 Å². The maximum atomic E-state index is 12.8. The lowest BCUT2D eigenvalue weighted by Crippen LogP contribution is -2.51. The van der Waals surface area contributed by atoms with E-state index in [2.05, 4.69) is 25.9 Å². The van der Waals surface area contributed by atoms with Gasteiger partial charge in [-0.15, -0.1) is 0 Å². The number of benzene rings is 1. The summed E-state index contributed by atoms with van der Waals surface area (Å²) in [4.78, 5) is 114. The summed E-state index contributed by atoms with van der Waals surface area (Å²) < 4.78 is 0. The predicted octanol–water partition coefficient (Wildman–Crippen LogP) is -7.37. The number of carbonyl (C=O) groups excluding carboxylic acids is 8. The minimum absolute atomic E-state index is 0.0253. The number of carbonyl (C=O) groups is 8. The summed E-state index contributed by atoms with van der Waals surface area (Å²) in [5.41, 5.74) is 5.51. The van der Waals surface area contributed by atoms with Crippen LogP contribution in [-0.4, -0.2) is 95.2 Å². The standard InChI is InChI=1S/C30H37N9O13/c31-30-37-24-23(26(46)38-30)33-15(11-32-24)12-39(13-40)16-3-1-14(2-4-16)25(45)36-19(29(51)52)6-9-21(42)34-17(27(47)48)5-8-20(41)35-18(28(49)50)7-10-22(43)44/h1-4,13,15,17-19,33H,5-12H2,(H,34,42)(H,35,41)(H,36,45)(H,43,44)(H,47,48)(H,49,50)(H,51,52)(H4,31,32,37,38,46)/p-4/t15-,17+,18+,19+/m1/s1. The number of fused-ring (bicyclic) bond motifs is 1. The quantitative estimate of drug-likeness (QED) is 0.0623. The lowest BCUT2D eigenvalue weighted by Gasteiger charge is -2.30. The highest BCUT2D eigenvalue weighted by Gasteiger charge is 2.25. The fraction of sp³-hybridized carbons (Fsp3) is 0.400. The molecule has 0 aliphatic carbocycles. The molecule has 22 nitrogen and oxygen atoms in total. The van der Waals surface area contributed by atoms with Crippen LogP contribution >= 0.6 is 0 Å². The first-order valence-corrected chi connectivity index (χ1v) is 15.5. The molecule has 0 spiro atoms. The second-order valence-electron chi connectivity index (χ2n) is 11.4. The Kier molecular flexibility index (Phi) is 14.0. The van der Waals surface area contributed by atoms with E-state index < -0.39 is 110 Å². The summed E-state index contributed by atoms with van der Waals surface area (Å²) in [6.45, 7) is 0.367. The van der Waals surface area contributed by atoms with Crippen LogP contribution in [0.3, 0.4) is 0 Å². The molecule has 22 heteroatoms. The Hall–Kier alpha value is -6.74. The van der Waals surface area contributed by atoms with E-state index in [0.717, 1.165) is 0 Å². The maximum absolute atomic E-state index is 12.8. The van der Waals surface area contributed by atoms with E-state index >= 15 is 0 Å². The van der Waals surface area contributed by atoms with Crippen LogP contribution in [0.4, 0.5) is 23.1 Å². The molecule has 3 rings (SSSR count). The van der Waals surface area contributed by atoms with Crippen molar-refractivity contribution in [1.29, 1.82) is 0 Å². The van der Waals surface area contributed by atoms with Crippen molar-refractivity contribution in [2.24, 2.45) is 0 Å². The van der Waals surface area contributed by atoms with Crippen LogP contribution in [0.25, 0.3) is 0 Å². The van der Waals surface area contributed by atoms with Crippen LogP contribution in [0, 0.1) is 0 Å². The third kappa shape index (κ3) is 11.7. The van der Waals surface area contributed by atoms with Gasteiger partial charge in [0.25, 0.3) is 11.5 Å². The minimum atomic E-state index is -1.81. The minimum Gasteiger partial charge on any atom is -0.550 e. The Balaban J connectivity index is 1.51. The van der Waals surface area contributed by atoms with E-state index in [1.54, 1.807) is 0 Å². The van der Waals surface area contributed by atoms with E-state index in [1.807, 2.05) is 10.6 Å². The predicted molar refractivity (Wildman–Crippen MR) is 168 cm³/mol. The first kappa shape index (κ1) is 39.7. The number of carboxylic acids is 4. The van der Waals surface area contributed by atoms with E-state index in [4.69, 9.17) is 5.73 Å². The summed E-state index contributed by atoms with van der Waals surface area (Å²) in [7, 11) is 0. The Labute approximate surface area is 293 Å². The molecule has 4 amide bonds. The maximum Gasteiger partial charge on any atom is 0.277 e. The molecule has 2 heterocycles. The molecule has 52 heavy (non-hydrogen) atoms. The Bertz CT molecular complexity index is 1750. The van der Waals surface area contributed by atoms with Crippen molar-refractivity contribution in [3.8, 4) is 0 Å². The molecule has 2 aromatic rings. The number of aromatic nitrogens is 2. The number of hydrogen-bond donors (Lipinski definition) is 7. The number of nitrogens with one attached hydrogen (secondary N) is 6. The van der Waals surface area contributed by atoms with Crippen molar-refractivity contribution < 1.29 is 58.8 Å². The largest absolute Gasteiger partial charge is 0.550 e. The van der Waals surface area contributed by atoms with Gasteiger partial charge in [-0.25, -0.2) is 0 Å². The molecule has 1 aliphatic heterocycles. The van der Waals surface area contributed by atoms with Gasteiger partial charge in [0.1, 0.15) is 5.69 Å². The SMILES string of the molecule is Nc1nc2c(c(=O)[nH]1)N[C@@H](CN(C=O)c1ccc(C(=O)N[C@@H](CCC(=O)N[C@@H](CCC(=O)N[C@@H](CCC(=O)[O-])C(=O)[O-])C(=O)[O-])C(=O)[O-])cc1)CN2. The fourth-order valence-corrected chi connectivity index (χ4v) is 4.92. The zero-order valence-electron chi connectivity index (χ0n) is 27.1. The van der Waals surface area contributed by atoms with Crippen molar-refractivity contribution in [2.45, 2.75) is 62.7 Å². The molecule has 280 valence electrons. The fourth-order valence-electron chi connectivity index (χ4n) is 4.92. The average molecular weight is 728 g/mol. The third-order valence-electron chi connectivity index (χ3n) is 7.59. The molecule has 0 saturated heterocycles. The van der Waals surface area contributed by atoms with Gasteiger partial charge in [-0.1, -0.05) is 0 Å². The highest BCUT2D eigenvalue weighted by molar-refractivity contribution is 5.97. The van der Waals surface area contributed by atoms with Gasteiger partial charge in [-0.3, -0.25) is 29.0 Å². The number of amides is 4. The average Bonchev–Trinajstić information content (AvgIpc) is 3.08. The number of nitrogen functional groups attached to an aromatic ring is 1. The van der Waals surface area contributed by atoms with Gasteiger partial charge in [0, 0.05) is 43.2 Å². The summed E-state index contributed by atoms with van der Waals surface area (Å²) >= 11 is 0. The molecule has 4 atom stereocenters. The Morgan fingerprint density at radius 1 is 0.846 bits per heavy atom.